The van der Waals surface area contributed by atoms with Gasteiger partial charge in [-0.3, -0.25) is 4.79 Å². The molecule has 0 saturated carbocycles. The smallest absolute Gasteiger partial charge is 0.165 e. The van der Waals surface area contributed by atoms with Crippen molar-refractivity contribution in [2.45, 2.75) is 12.3 Å². The van der Waals surface area contributed by atoms with Gasteiger partial charge in [0.05, 0.1) is 13.0 Å². The van der Waals surface area contributed by atoms with Gasteiger partial charge in [0.25, 0.3) is 0 Å². The fourth-order valence-corrected chi connectivity index (χ4v) is 1.95. The van der Waals surface area contributed by atoms with E-state index in [2.05, 4.69) is 5.32 Å². The van der Waals surface area contributed by atoms with Crippen LogP contribution in [-0.4, -0.2) is 26.0 Å². The molecule has 1 N–H and O–H groups in total. The molecule has 1 aromatic rings. The first kappa shape index (κ1) is 11.1. The molecule has 0 aliphatic carbocycles. The molecule has 0 radical (unpaired) electrons. The van der Waals surface area contributed by atoms with Crippen molar-refractivity contribution in [3.63, 3.8) is 0 Å². The summed E-state index contributed by atoms with van der Waals surface area (Å²) >= 11 is 0. The van der Waals surface area contributed by atoms with Gasteiger partial charge in [-0.1, -0.05) is 6.07 Å². The van der Waals surface area contributed by atoms with Crippen molar-refractivity contribution in [1.29, 1.82) is 0 Å². The Hall–Kier alpha value is -1.42. The predicted molar refractivity (Wildman–Crippen MR) is 58.2 cm³/mol. The lowest BCUT2D eigenvalue weighted by atomic mass is 9.90. The molecule has 1 aliphatic heterocycles. The molecule has 1 atom stereocenters. The molecular formula is C12H14FNO2. The molecule has 0 bridgehead atoms. The number of nitrogens with one attached hydrogen (secondary N) is 1. The summed E-state index contributed by atoms with van der Waals surface area (Å²) in [4.78, 5) is 11.7. The highest BCUT2D eigenvalue weighted by Crippen LogP contribution is 2.25. The molecule has 1 unspecified atom stereocenters. The van der Waals surface area contributed by atoms with E-state index in [-0.39, 0.29) is 17.5 Å². The number of carbonyl (C=O) groups excluding carboxylic acids is 1. The Kier molecular flexibility index (Phi) is 3.19. The summed E-state index contributed by atoms with van der Waals surface area (Å²) in [5.74, 6) is -0.268. The number of rotatable bonds is 2. The number of benzene rings is 1. The molecule has 4 heteroatoms. The first-order valence-corrected chi connectivity index (χ1v) is 5.29. The van der Waals surface area contributed by atoms with Crippen LogP contribution in [0.15, 0.2) is 18.2 Å². The zero-order valence-electron chi connectivity index (χ0n) is 9.13. The van der Waals surface area contributed by atoms with Gasteiger partial charge in [-0.15, -0.1) is 0 Å². The number of hydrogen-bond acceptors (Lipinski definition) is 3. The Morgan fingerprint density at radius 2 is 2.31 bits per heavy atom. The maximum atomic E-state index is 13.5. The second-order valence-electron chi connectivity index (χ2n) is 3.87. The monoisotopic (exact) mass is 223 g/mol. The third kappa shape index (κ3) is 2.07. The molecule has 0 amide bonds. The Bertz CT molecular complexity index is 406. The molecule has 1 aliphatic rings. The highest BCUT2D eigenvalue weighted by Gasteiger charge is 2.24. The van der Waals surface area contributed by atoms with E-state index in [1.54, 1.807) is 12.1 Å². The van der Waals surface area contributed by atoms with Crippen LogP contribution < -0.4 is 10.1 Å². The van der Waals surface area contributed by atoms with E-state index in [0.29, 0.717) is 19.5 Å². The van der Waals surface area contributed by atoms with Crippen LogP contribution in [0.2, 0.25) is 0 Å². The summed E-state index contributed by atoms with van der Waals surface area (Å²) < 4.78 is 18.3. The van der Waals surface area contributed by atoms with Crippen molar-refractivity contribution >= 4 is 5.78 Å². The predicted octanol–water partition coefficient (Wildman–Crippen LogP) is 1.48. The van der Waals surface area contributed by atoms with Gasteiger partial charge in [-0.2, -0.15) is 0 Å². The van der Waals surface area contributed by atoms with Crippen LogP contribution in [-0.2, 0) is 4.79 Å². The van der Waals surface area contributed by atoms with Gasteiger partial charge in [0.15, 0.2) is 11.6 Å². The average Bonchev–Trinajstić information content (AvgIpc) is 2.29. The zero-order chi connectivity index (χ0) is 11.5. The molecule has 2 rings (SSSR count). The molecule has 1 fully saturated rings. The lowest BCUT2D eigenvalue weighted by molar-refractivity contribution is -0.121. The summed E-state index contributed by atoms with van der Waals surface area (Å²) in [6.45, 7) is 1.30. The number of halogens is 1. The van der Waals surface area contributed by atoms with Crippen LogP contribution in [0.5, 0.6) is 5.75 Å². The second-order valence-corrected chi connectivity index (χ2v) is 3.87. The zero-order valence-corrected chi connectivity index (χ0v) is 9.13. The Morgan fingerprint density at radius 3 is 2.94 bits per heavy atom. The fourth-order valence-electron chi connectivity index (χ4n) is 1.95. The third-order valence-corrected chi connectivity index (χ3v) is 2.86. The Morgan fingerprint density at radius 1 is 1.50 bits per heavy atom. The molecule has 1 aromatic carbocycles. The minimum absolute atomic E-state index is 0.170. The number of Topliss-reactive ketones (excluding diaryl/α,β-unsaturated/α-hetero) is 1. The number of methoxy groups -OCH3 is 1. The van der Waals surface area contributed by atoms with Crippen LogP contribution in [0.4, 0.5) is 4.39 Å². The van der Waals surface area contributed by atoms with Crippen molar-refractivity contribution < 1.29 is 13.9 Å². The molecule has 1 saturated heterocycles. The van der Waals surface area contributed by atoms with Crippen LogP contribution in [0.25, 0.3) is 0 Å². The molecule has 1 heterocycles. The number of piperidine rings is 1. The van der Waals surface area contributed by atoms with Crippen molar-refractivity contribution in [2.75, 3.05) is 20.2 Å². The van der Waals surface area contributed by atoms with Gasteiger partial charge >= 0.3 is 0 Å². The van der Waals surface area contributed by atoms with Gasteiger partial charge < -0.3 is 10.1 Å². The molecule has 0 aromatic heterocycles. The van der Waals surface area contributed by atoms with E-state index in [0.717, 1.165) is 5.56 Å². The third-order valence-electron chi connectivity index (χ3n) is 2.86. The van der Waals surface area contributed by atoms with E-state index >= 15 is 0 Å². The summed E-state index contributed by atoms with van der Waals surface area (Å²) in [7, 11) is 1.42. The standard InChI is InChI=1S/C12H14FNO2/c1-16-12-3-2-8(6-10(12)13)9-7-14-5-4-11(9)15/h2-3,6,9,14H,4-5,7H2,1H3. The summed E-state index contributed by atoms with van der Waals surface area (Å²) in [5.41, 5.74) is 0.718. The van der Waals surface area contributed by atoms with Gasteiger partial charge in [0.1, 0.15) is 5.78 Å². The number of ketones is 1. The van der Waals surface area contributed by atoms with E-state index in [4.69, 9.17) is 4.74 Å². The van der Waals surface area contributed by atoms with Crippen LogP contribution in [0, 0.1) is 5.82 Å². The Labute approximate surface area is 93.6 Å². The average molecular weight is 223 g/mol. The van der Waals surface area contributed by atoms with Crippen LogP contribution in [0.1, 0.15) is 17.9 Å². The normalized spacial score (nSPS) is 20.9. The molecular weight excluding hydrogens is 209 g/mol. The maximum Gasteiger partial charge on any atom is 0.165 e. The van der Waals surface area contributed by atoms with E-state index < -0.39 is 5.82 Å². The quantitative estimate of drug-likeness (QED) is 0.825. The van der Waals surface area contributed by atoms with Crippen LogP contribution in [0.3, 0.4) is 0 Å². The molecule has 3 nitrogen and oxygen atoms in total. The summed E-state index contributed by atoms with van der Waals surface area (Å²) in [6, 6.07) is 4.69. The van der Waals surface area contributed by atoms with Crippen molar-refractivity contribution in [3.8, 4) is 5.75 Å². The highest BCUT2D eigenvalue weighted by atomic mass is 19.1. The molecule has 86 valence electrons. The number of hydrogen-bond donors (Lipinski definition) is 1. The minimum atomic E-state index is -0.418. The number of carbonyl (C=O) groups is 1. The highest BCUT2D eigenvalue weighted by molar-refractivity contribution is 5.86. The largest absolute Gasteiger partial charge is 0.494 e. The van der Waals surface area contributed by atoms with Gasteiger partial charge in [0, 0.05) is 19.5 Å². The lowest BCUT2D eigenvalue weighted by Gasteiger charge is -2.22. The Balaban J connectivity index is 2.26. The van der Waals surface area contributed by atoms with Gasteiger partial charge in [-0.05, 0) is 17.7 Å². The first-order chi connectivity index (χ1) is 7.72. The van der Waals surface area contributed by atoms with E-state index in [1.807, 2.05) is 0 Å². The van der Waals surface area contributed by atoms with Crippen molar-refractivity contribution in [3.05, 3.63) is 29.6 Å². The topological polar surface area (TPSA) is 38.3 Å². The van der Waals surface area contributed by atoms with Crippen molar-refractivity contribution in [2.24, 2.45) is 0 Å². The van der Waals surface area contributed by atoms with Gasteiger partial charge in [0.2, 0.25) is 0 Å². The van der Waals surface area contributed by atoms with Gasteiger partial charge in [-0.25, -0.2) is 4.39 Å². The summed E-state index contributed by atoms with van der Waals surface area (Å²) in [5, 5.41) is 3.14. The fraction of sp³-hybridized carbons (Fsp3) is 0.417. The van der Waals surface area contributed by atoms with Crippen LogP contribution >= 0.6 is 0 Å². The second kappa shape index (κ2) is 4.61. The SMILES string of the molecule is COc1ccc(C2CNCCC2=O)cc1F. The summed E-state index contributed by atoms with van der Waals surface area (Å²) in [6.07, 6.45) is 0.512. The lowest BCUT2D eigenvalue weighted by Crippen LogP contribution is -2.35. The first-order valence-electron chi connectivity index (χ1n) is 5.29. The maximum absolute atomic E-state index is 13.5. The molecule has 0 spiro atoms. The number of ether oxygens (including phenoxy) is 1. The molecule has 16 heavy (non-hydrogen) atoms. The van der Waals surface area contributed by atoms with E-state index in [1.165, 1.54) is 13.2 Å². The van der Waals surface area contributed by atoms with Crippen molar-refractivity contribution in [1.82, 2.24) is 5.32 Å². The minimum Gasteiger partial charge on any atom is -0.494 e. The van der Waals surface area contributed by atoms with E-state index in [9.17, 15) is 9.18 Å².